The van der Waals surface area contributed by atoms with Gasteiger partial charge in [-0.25, -0.2) is 0 Å². The molecule has 0 fully saturated rings. The number of unbranched alkanes of at least 4 members (excludes halogenated alkanes) is 4. The molecule has 2 aromatic rings. The van der Waals surface area contributed by atoms with E-state index in [1.54, 1.807) is 0 Å². The van der Waals surface area contributed by atoms with Crippen LogP contribution in [0.3, 0.4) is 0 Å². The van der Waals surface area contributed by atoms with Gasteiger partial charge in [0.1, 0.15) is 5.69 Å². The lowest BCUT2D eigenvalue weighted by Crippen LogP contribution is -2.24. The van der Waals surface area contributed by atoms with Crippen LogP contribution in [0, 0.1) is 0 Å². The van der Waals surface area contributed by atoms with E-state index in [-0.39, 0.29) is 5.91 Å². The van der Waals surface area contributed by atoms with Crippen molar-refractivity contribution in [2.45, 2.75) is 39.0 Å². The zero-order valence-electron chi connectivity index (χ0n) is 11.8. The number of H-pyrrole nitrogens is 1. The second-order valence-corrected chi connectivity index (χ2v) is 5.52. The van der Waals surface area contributed by atoms with Crippen molar-refractivity contribution in [2.75, 3.05) is 6.54 Å². The summed E-state index contributed by atoms with van der Waals surface area (Å²) >= 11 is 5.94. The number of halogens is 1. The lowest BCUT2D eigenvalue weighted by atomic mass is 10.1. The standard InChI is InChI=1S/C16H21ClN2O/c1-2-3-4-5-6-9-18-16(20)15-11-12-10-13(17)7-8-14(12)19-15/h7-8,10-11,19H,2-6,9H2,1H3,(H,18,20). The molecule has 0 atom stereocenters. The number of aromatic amines is 1. The van der Waals surface area contributed by atoms with Crippen molar-refractivity contribution < 1.29 is 4.79 Å². The van der Waals surface area contributed by atoms with E-state index in [2.05, 4.69) is 17.2 Å². The smallest absolute Gasteiger partial charge is 0.267 e. The Labute approximate surface area is 124 Å². The van der Waals surface area contributed by atoms with Gasteiger partial charge in [-0.2, -0.15) is 0 Å². The van der Waals surface area contributed by atoms with E-state index in [0.717, 1.165) is 23.9 Å². The Hall–Kier alpha value is -1.48. The minimum absolute atomic E-state index is 0.0483. The number of nitrogens with one attached hydrogen (secondary N) is 2. The summed E-state index contributed by atoms with van der Waals surface area (Å²) in [6.07, 6.45) is 5.98. The van der Waals surface area contributed by atoms with Crippen LogP contribution >= 0.6 is 11.6 Å². The van der Waals surface area contributed by atoms with Crippen LogP contribution in [0.5, 0.6) is 0 Å². The highest BCUT2D eigenvalue weighted by molar-refractivity contribution is 6.31. The summed E-state index contributed by atoms with van der Waals surface area (Å²) in [6.45, 7) is 2.93. The summed E-state index contributed by atoms with van der Waals surface area (Å²) in [5.41, 5.74) is 1.53. The van der Waals surface area contributed by atoms with Gasteiger partial charge in [-0.05, 0) is 30.7 Å². The summed E-state index contributed by atoms with van der Waals surface area (Å²) < 4.78 is 0. The number of rotatable bonds is 7. The molecule has 2 rings (SSSR count). The third kappa shape index (κ3) is 4.01. The zero-order valence-corrected chi connectivity index (χ0v) is 12.6. The zero-order chi connectivity index (χ0) is 14.4. The molecule has 0 aliphatic heterocycles. The Balaban J connectivity index is 1.85. The summed E-state index contributed by atoms with van der Waals surface area (Å²) in [5.74, 6) is -0.0483. The van der Waals surface area contributed by atoms with Gasteiger partial charge in [-0.3, -0.25) is 4.79 Å². The molecule has 0 radical (unpaired) electrons. The maximum atomic E-state index is 12.0. The van der Waals surface area contributed by atoms with Crippen molar-refractivity contribution in [1.82, 2.24) is 10.3 Å². The van der Waals surface area contributed by atoms with Crippen LogP contribution < -0.4 is 5.32 Å². The van der Waals surface area contributed by atoms with Crippen LogP contribution in [0.25, 0.3) is 10.9 Å². The van der Waals surface area contributed by atoms with E-state index in [1.807, 2.05) is 24.3 Å². The molecule has 108 valence electrons. The number of carbonyl (C=O) groups excluding carboxylic acids is 1. The lowest BCUT2D eigenvalue weighted by Gasteiger charge is -2.03. The minimum Gasteiger partial charge on any atom is -0.351 e. The molecular weight excluding hydrogens is 272 g/mol. The number of carbonyl (C=O) groups is 1. The predicted molar refractivity (Wildman–Crippen MR) is 84.4 cm³/mol. The van der Waals surface area contributed by atoms with Crippen LogP contribution in [-0.2, 0) is 0 Å². The monoisotopic (exact) mass is 292 g/mol. The Morgan fingerprint density at radius 1 is 1.20 bits per heavy atom. The topological polar surface area (TPSA) is 44.9 Å². The second kappa shape index (κ2) is 7.34. The molecule has 0 saturated heterocycles. The molecule has 4 heteroatoms. The first-order chi connectivity index (χ1) is 9.70. The predicted octanol–water partition coefficient (Wildman–Crippen LogP) is 4.52. The molecule has 0 aliphatic carbocycles. The molecule has 0 unspecified atom stereocenters. The van der Waals surface area contributed by atoms with Crippen LogP contribution in [0.2, 0.25) is 5.02 Å². The number of hydrogen-bond acceptors (Lipinski definition) is 1. The first kappa shape index (κ1) is 14.9. The van der Waals surface area contributed by atoms with Gasteiger partial charge in [0, 0.05) is 22.5 Å². The van der Waals surface area contributed by atoms with Gasteiger partial charge in [-0.15, -0.1) is 0 Å². The molecule has 3 nitrogen and oxygen atoms in total. The van der Waals surface area contributed by atoms with Crippen LogP contribution in [0.15, 0.2) is 24.3 Å². The highest BCUT2D eigenvalue weighted by Crippen LogP contribution is 2.20. The third-order valence-corrected chi connectivity index (χ3v) is 3.63. The molecule has 1 heterocycles. The van der Waals surface area contributed by atoms with Crippen molar-refractivity contribution in [2.24, 2.45) is 0 Å². The van der Waals surface area contributed by atoms with Crippen molar-refractivity contribution in [3.05, 3.63) is 35.0 Å². The average Bonchev–Trinajstić information content (AvgIpc) is 2.85. The normalized spacial score (nSPS) is 10.9. The average molecular weight is 293 g/mol. The second-order valence-electron chi connectivity index (χ2n) is 5.08. The van der Waals surface area contributed by atoms with Crippen molar-refractivity contribution in [3.63, 3.8) is 0 Å². The molecule has 20 heavy (non-hydrogen) atoms. The Morgan fingerprint density at radius 2 is 2.00 bits per heavy atom. The molecule has 0 spiro atoms. The molecule has 0 bridgehead atoms. The molecule has 0 aliphatic rings. The Morgan fingerprint density at radius 3 is 2.80 bits per heavy atom. The van der Waals surface area contributed by atoms with Crippen LogP contribution in [0.4, 0.5) is 0 Å². The van der Waals surface area contributed by atoms with Gasteiger partial charge in [0.25, 0.3) is 5.91 Å². The van der Waals surface area contributed by atoms with Gasteiger partial charge in [0.05, 0.1) is 0 Å². The van der Waals surface area contributed by atoms with Gasteiger partial charge >= 0.3 is 0 Å². The molecule has 0 saturated carbocycles. The van der Waals surface area contributed by atoms with E-state index in [1.165, 1.54) is 25.7 Å². The summed E-state index contributed by atoms with van der Waals surface area (Å²) in [6, 6.07) is 7.40. The summed E-state index contributed by atoms with van der Waals surface area (Å²) in [7, 11) is 0. The molecular formula is C16H21ClN2O. The van der Waals surface area contributed by atoms with Crippen molar-refractivity contribution in [1.29, 1.82) is 0 Å². The minimum atomic E-state index is -0.0483. The lowest BCUT2D eigenvalue weighted by molar-refractivity contribution is 0.0949. The fraction of sp³-hybridized carbons (Fsp3) is 0.438. The van der Waals surface area contributed by atoms with E-state index in [9.17, 15) is 4.79 Å². The molecule has 1 aromatic heterocycles. The van der Waals surface area contributed by atoms with E-state index >= 15 is 0 Å². The van der Waals surface area contributed by atoms with E-state index in [0.29, 0.717) is 10.7 Å². The molecule has 1 amide bonds. The largest absolute Gasteiger partial charge is 0.351 e. The summed E-state index contributed by atoms with van der Waals surface area (Å²) in [4.78, 5) is 15.1. The van der Waals surface area contributed by atoms with Gasteiger partial charge in [-0.1, -0.05) is 44.2 Å². The number of fused-ring (bicyclic) bond motifs is 1. The van der Waals surface area contributed by atoms with Crippen molar-refractivity contribution in [3.8, 4) is 0 Å². The number of hydrogen-bond donors (Lipinski definition) is 2. The van der Waals surface area contributed by atoms with Gasteiger partial charge < -0.3 is 10.3 Å². The number of amides is 1. The van der Waals surface area contributed by atoms with Crippen LogP contribution in [0.1, 0.15) is 49.5 Å². The van der Waals surface area contributed by atoms with E-state index in [4.69, 9.17) is 11.6 Å². The first-order valence-corrected chi connectivity index (χ1v) is 7.65. The number of benzene rings is 1. The fourth-order valence-electron chi connectivity index (χ4n) is 2.25. The van der Waals surface area contributed by atoms with Crippen molar-refractivity contribution >= 4 is 28.4 Å². The number of aromatic nitrogens is 1. The maximum Gasteiger partial charge on any atom is 0.267 e. The van der Waals surface area contributed by atoms with E-state index < -0.39 is 0 Å². The highest BCUT2D eigenvalue weighted by atomic mass is 35.5. The Kier molecular flexibility index (Phi) is 5.48. The Bertz CT molecular complexity index is 577. The quantitative estimate of drug-likeness (QED) is 0.724. The highest BCUT2D eigenvalue weighted by Gasteiger charge is 2.08. The summed E-state index contributed by atoms with van der Waals surface area (Å²) in [5, 5.41) is 4.59. The van der Waals surface area contributed by atoms with Gasteiger partial charge in [0.2, 0.25) is 0 Å². The van der Waals surface area contributed by atoms with Gasteiger partial charge in [0.15, 0.2) is 0 Å². The SMILES string of the molecule is CCCCCCCNC(=O)c1cc2cc(Cl)ccc2[nH]1. The maximum absolute atomic E-state index is 12.0. The molecule has 2 N–H and O–H groups in total. The molecule has 1 aromatic carbocycles. The fourth-order valence-corrected chi connectivity index (χ4v) is 2.43. The first-order valence-electron chi connectivity index (χ1n) is 7.27. The third-order valence-electron chi connectivity index (χ3n) is 3.39. The van der Waals surface area contributed by atoms with Crippen LogP contribution in [-0.4, -0.2) is 17.4 Å².